The summed E-state index contributed by atoms with van der Waals surface area (Å²) in [6.45, 7) is 4.71. The highest BCUT2D eigenvalue weighted by molar-refractivity contribution is 6.12. The summed E-state index contributed by atoms with van der Waals surface area (Å²) in [7, 11) is 0. The highest BCUT2D eigenvalue weighted by Gasteiger charge is 2.36. The summed E-state index contributed by atoms with van der Waals surface area (Å²) >= 11 is 0. The van der Waals surface area contributed by atoms with E-state index in [1.807, 2.05) is 0 Å². The molecular weight excluding hydrogens is 410 g/mol. The molecule has 0 saturated carbocycles. The smallest absolute Gasteiger partial charge is 0.0544 e. The molecule has 1 nitrogen and oxygen atoms in total. The van der Waals surface area contributed by atoms with Crippen LogP contribution >= 0.6 is 0 Å². The molecule has 0 fully saturated rings. The molecule has 7 rings (SSSR count). The number of aromatic nitrogens is 1. The van der Waals surface area contributed by atoms with Crippen LogP contribution in [0.3, 0.4) is 0 Å². The summed E-state index contributed by atoms with van der Waals surface area (Å²) < 4.78 is 2.43. The van der Waals surface area contributed by atoms with Crippen LogP contribution in [0.15, 0.2) is 115 Å². The average molecular weight is 436 g/mol. The second kappa shape index (κ2) is 6.95. The third-order valence-corrected chi connectivity index (χ3v) is 7.59. The van der Waals surface area contributed by atoms with Gasteiger partial charge in [0.2, 0.25) is 0 Å². The summed E-state index contributed by atoms with van der Waals surface area (Å²) in [6, 6.07) is 42.1. The monoisotopic (exact) mass is 435 g/mol. The van der Waals surface area contributed by atoms with E-state index < -0.39 is 0 Å². The van der Waals surface area contributed by atoms with Crippen LogP contribution in [0.25, 0.3) is 49.7 Å². The number of hydrogen-bond donors (Lipinski definition) is 0. The minimum Gasteiger partial charge on any atom is -0.309 e. The van der Waals surface area contributed by atoms with Gasteiger partial charge in [0, 0.05) is 21.9 Å². The van der Waals surface area contributed by atoms with E-state index in [-0.39, 0.29) is 5.41 Å². The lowest BCUT2D eigenvalue weighted by Gasteiger charge is -2.21. The molecule has 1 aromatic heterocycles. The molecule has 0 spiro atoms. The summed E-state index contributed by atoms with van der Waals surface area (Å²) in [4.78, 5) is 0. The molecular formula is C33H25N. The van der Waals surface area contributed by atoms with Crippen molar-refractivity contribution in [3.63, 3.8) is 0 Å². The molecule has 34 heavy (non-hydrogen) atoms. The molecule has 0 bridgehead atoms. The lowest BCUT2D eigenvalue weighted by molar-refractivity contribution is 0.661. The summed E-state index contributed by atoms with van der Waals surface area (Å²) in [6.07, 6.45) is 0. The second-order valence-electron chi connectivity index (χ2n) is 9.85. The maximum absolute atomic E-state index is 2.44. The van der Waals surface area contributed by atoms with Gasteiger partial charge in [-0.3, -0.25) is 0 Å². The number of hydrogen-bond acceptors (Lipinski definition) is 0. The first-order valence-corrected chi connectivity index (χ1v) is 12.0. The predicted octanol–water partition coefficient (Wildman–Crippen LogP) is 8.76. The summed E-state index contributed by atoms with van der Waals surface area (Å²) in [5.41, 5.74) is 11.7. The molecule has 1 aliphatic rings. The zero-order valence-electron chi connectivity index (χ0n) is 19.4. The number of nitrogens with zero attached hydrogens (tertiary/aromatic N) is 1. The van der Waals surface area contributed by atoms with E-state index in [2.05, 4.69) is 134 Å². The van der Waals surface area contributed by atoms with Crippen LogP contribution in [0.1, 0.15) is 25.0 Å². The van der Waals surface area contributed by atoms with Crippen LogP contribution in [-0.4, -0.2) is 4.57 Å². The molecule has 0 aliphatic heterocycles. The van der Waals surface area contributed by atoms with Gasteiger partial charge in [0.1, 0.15) is 0 Å². The fourth-order valence-electron chi connectivity index (χ4n) is 5.88. The quantitative estimate of drug-likeness (QED) is 0.256. The van der Waals surface area contributed by atoms with E-state index in [9.17, 15) is 0 Å². The Morgan fingerprint density at radius 1 is 0.500 bits per heavy atom. The first kappa shape index (κ1) is 19.4. The van der Waals surface area contributed by atoms with Gasteiger partial charge >= 0.3 is 0 Å². The SMILES string of the molecule is CC1(C)c2ccccc2-c2cc3c4cc(-c5ccccc5)ccc4n(-c4ccccc4)c3cc21. The Labute approximate surface area is 199 Å². The third-order valence-electron chi connectivity index (χ3n) is 7.59. The molecule has 0 saturated heterocycles. The van der Waals surface area contributed by atoms with Gasteiger partial charge in [-0.05, 0) is 69.8 Å². The van der Waals surface area contributed by atoms with Gasteiger partial charge in [-0.2, -0.15) is 0 Å². The fourth-order valence-corrected chi connectivity index (χ4v) is 5.88. The van der Waals surface area contributed by atoms with E-state index in [1.54, 1.807) is 0 Å². The standard InChI is InChI=1S/C33H25N/c1-33(2)29-16-10-9-15-25(29)26-20-28-27-19-23(22-11-5-3-6-12-22)17-18-31(27)34(32(28)21-30(26)33)24-13-7-4-8-14-24/h3-21H,1-2H3. The molecule has 0 radical (unpaired) electrons. The lowest BCUT2D eigenvalue weighted by atomic mass is 9.82. The van der Waals surface area contributed by atoms with Gasteiger partial charge in [0.05, 0.1) is 11.0 Å². The Hall–Kier alpha value is -4.10. The Morgan fingerprint density at radius 2 is 1.18 bits per heavy atom. The van der Waals surface area contributed by atoms with Crippen LogP contribution < -0.4 is 0 Å². The molecule has 1 heterocycles. The topological polar surface area (TPSA) is 4.93 Å². The molecule has 0 unspecified atom stereocenters. The molecule has 0 amide bonds. The number of fused-ring (bicyclic) bond motifs is 6. The predicted molar refractivity (Wildman–Crippen MR) is 144 cm³/mol. The highest BCUT2D eigenvalue weighted by Crippen LogP contribution is 2.51. The van der Waals surface area contributed by atoms with Crippen LogP contribution in [0.4, 0.5) is 0 Å². The maximum atomic E-state index is 2.44. The van der Waals surface area contributed by atoms with Gasteiger partial charge in [0.15, 0.2) is 0 Å². The Balaban J connectivity index is 1.61. The van der Waals surface area contributed by atoms with Gasteiger partial charge < -0.3 is 4.57 Å². The van der Waals surface area contributed by atoms with Gasteiger partial charge in [0.25, 0.3) is 0 Å². The Bertz CT molecular complexity index is 1700. The minimum atomic E-state index is -0.0205. The average Bonchev–Trinajstić information content (AvgIpc) is 3.32. The van der Waals surface area contributed by atoms with E-state index >= 15 is 0 Å². The zero-order valence-corrected chi connectivity index (χ0v) is 19.4. The van der Waals surface area contributed by atoms with Crippen molar-refractivity contribution in [2.75, 3.05) is 0 Å². The first-order chi connectivity index (χ1) is 16.6. The largest absolute Gasteiger partial charge is 0.309 e. The molecule has 1 aliphatic carbocycles. The Morgan fingerprint density at radius 3 is 1.97 bits per heavy atom. The highest BCUT2D eigenvalue weighted by atomic mass is 15.0. The van der Waals surface area contributed by atoms with Crippen molar-refractivity contribution in [2.24, 2.45) is 0 Å². The minimum absolute atomic E-state index is 0.0205. The maximum Gasteiger partial charge on any atom is 0.0544 e. The van der Waals surface area contributed by atoms with Crippen molar-refractivity contribution >= 4 is 21.8 Å². The molecule has 6 aromatic rings. The summed E-state index contributed by atoms with van der Waals surface area (Å²) in [5, 5.41) is 2.60. The fraction of sp³-hybridized carbons (Fsp3) is 0.0909. The zero-order chi connectivity index (χ0) is 22.9. The van der Waals surface area contributed by atoms with Crippen molar-refractivity contribution in [3.05, 3.63) is 126 Å². The molecule has 162 valence electrons. The van der Waals surface area contributed by atoms with Crippen molar-refractivity contribution < 1.29 is 0 Å². The summed E-state index contributed by atoms with van der Waals surface area (Å²) in [5.74, 6) is 0. The lowest BCUT2D eigenvalue weighted by Crippen LogP contribution is -2.14. The Kier molecular flexibility index (Phi) is 3.96. The van der Waals surface area contributed by atoms with Crippen molar-refractivity contribution in [2.45, 2.75) is 19.3 Å². The van der Waals surface area contributed by atoms with Crippen LogP contribution in [-0.2, 0) is 5.41 Å². The van der Waals surface area contributed by atoms with E-state index in [4.69, 9.17) is 0 Å². The first-order valence-electron chi connectivity index (χ1n) is 12.0. The normalized spacial score (nSPS) is 13.8. The second-order valence-corrected chi connectivity index (χ2v) is 9.85. The number of rotatable bonds is 2. The van der Waals surface area contributed by atoms with E-state index in [0.717, 1.165) is 0 Å². The molecule has 5 aromatic carbocycles. The third kappa shape index (κ3) is 2.61. The van der Waals surface area contributed by atoms with Gasteiger partial charge in [-0.15, -0.1) is 0 Å². The van der Waals surface area contributed by atoms with E-state index in [1.165, 1.54) is 60.9 Å². The van der Waals surface area contributed by atoms with E-state index in [0.29, 0.717) is 0 Å². The van der Waals surface area contributed by atoms with Crippen LogP contribution in [0, 0.1) is 0 Å². The van der Waals surface area contributed by atoms with Crippen molar-refractivity contribution in [1.29, 1.82) is 0 Å². The van der Waals surface area contributed by atoms with Crippen molar-refractivity contribution in [3.8, 4) is 27.9 Å². The van der Waals surface area contributed by atoms with Crippen LogP contribution in [0.5, 0.6) is 0 Å². The van der Waals surface area contributed by atoms with Crippen molar-refractivity contribution in [1.82, 2.24) is 4.57 Å². The van der Waals surface area contributed by atoms with Crippen LogP contribution in [0.2, 0.25) is 0 Å². The number of para-hydroxylation sites is 1. The van der Waals surface area contributed by atoms with Gasteiger partial charge in [-0.25, -0.2) is 0 Å². The van der Waals surface area contributed by atoms with Gasteiger partial charge in [-0.1, -0.05) is 92.7 Å². The molecule has 0 atom stereocenters. The molecule has 1 heteroatoms. The number of benzene rings is 5. The molecule has 0 N–H and O–H groups in total.